The van der Waals surface area contributed by atoms with Crippen LogP contribution in [0.3, 0.4) is 0 Å². The van der Waals surface area contributed by atoms with Crippen LogP contribution in [0.15, 0.2) is 48.5 Å². The number of ether oxygens (including phenoxy) is 1. The number of carbonyl (C=O) groups excluding carboxylic acids is 2. The average molecular weight is 408 g/mol. The molecule has 2 aliphatic carbocycles. The van der Waals surface area contributed by atoms with E-state index in [-0.39, 0.29) is 18.4 Å². The van der Waals surface area contributed by atoms with Gasteiger partial charge >= 0.3 is 0 Å². The van der Waals surface area contributed by atoms with Crippen LogP contribution in [-0.2, 0) is 4.79 Å². The van der Waals surface area contributed by atoms with Crippen LogP contribution in [0.25, 0.3) is 0 Å². The fourth-order valence-electron chi connectivity index (χ4n) is 3.71. The van der Waals surface area contributed by atoms with Crippen molar-refractivity contribution in [1.29, 1.82) is 0 Å². The number of rotatable bonds is 8. The van der Waals surface area contributed by atoms with Gasteiger partial charge in [-0.3, -0.25) is 9.59 Å². The molecule has 0 atom stereocenters. The van der Waals surface area contributed by atoms with Gasteiger partial charge in [0, 0.05) is 29.0 Å². The summed E-state index contributed by atoms with van der Waals surface area (Å²) in [7, 11) is 0. The first-order valence-corrected chi connectivity index (χ1v) is 10.9. The molecule has 4 rings (SSSR count). The van der Waals surface area contributed by atoms with Crippen molar-refractivity contribution in [3.05, 3.63) is 54.1 Å². The lowest BCUT2D eigenvalue weighted by molar-refractivity contribution is -0.118. The Hall–Kier alpha value is -3.02. The summed E-state index contributed by atoms with van der Waals surface area (Å²) in [4.78, 5) is 24.4. The molecule has 0 bridgehead atoms. The fourth-order valence-corrected chi connectivity index (χ4v) is 3.71. The quantitative estimate of drug-likeness (QED) is 0.608. The number of hydrogen-bond acceptors (Lipinski definition) is 4. The minimum absolute atomic E-state index is 0.0894. The highest BCUT2D eigenvalue weighted by Gasteiger charge is 2.23. The van der Waals surface area contributed by atoms with E-state index < -0.39 is 0 Å². The first-order valence-electron chi connectivity index (χ1n) is 10.9. The van der Waals surface area contributed by atoms with Gasteiger partial charge in [-0.05, 0) is 68.1 Å². The van der Waals surface area contributed by atoms with Crippen LogP contribution in [0.1, 0.15) is 55.3 Å². The number of amides is 2. The van der Waals surface area contributed by atoms with Crippen molar-refractivity contribution in [2.24, 2.45) is 0 Å². The standard InChI is InChI=1S/C24H29N3O3/c28-23(26-21-8-4-5-17(15-21)24(29)27-20-9-10-20)16-30-22-13-11-19(12-14-22)25-18-6-2-1-3-7-18/h4-5,8,11-15,18,20,25H,1-3,6-7,9-10,16H2,(H,26,28)(H,27,29). The molecule has 2 fully saturated rings. The third-order valence-electron chi connectivity index (χ3n) is 5.52. The normalized spacial score (nSPS) is 16.5. The lowest BCUT2D eigenvalue weighted by atomic mass is 9.95. The smallest absolute Gasteiger partial charge is 0.262 e. The summed E-state index contributed by atoms with van der Waals surface area (Å²) in [5.74, 6) is 0.280. The van der Waals surface area contributed by atoms with Gasteiger partial charge in [0.05, 0.1) is 0 Å². The van der Waals surface area contributed by atoms with Crippen molar-refractivity contribution < 1.29 is 14.3 Å². The molecule has 2 aromatic rings. The molecule has 6 nitrogen and oxygen atoms in total. The molecule has 2 aromatic carbocycles. The predicted molar refractivity (Wildman–Crippen MR) is 118 cm³/mol. The zero-order valence-corrected chi connectivity index (χ0v) is 17.2. The van der Waals surface area contributed by atoms with Gasteiger partial charge < -0.3 is 20.7 Å². The second kappa shape index (κ2) is 9.65. The molecule has 2 aliphatic rings. The second-order valence-electron chi connectivity index (χ2n) is 8.17. The molecular formula is C24H29N3O3. The van der Waals surface area contributed by atoms with Crippen molar-refractivity contribution in [2.75, 3.05) is 17.2 Å². The molecule has 0 spiro atoms. The summed E-state index contributed by atoms with van der Waals surface area (Å²) in [5.41, 5.74) is 2.21. The van der Waals surface area contributed by atoms with E-state index in [9.17, 15) is 9.59 Å². The van der Waals surface area contributed by atoms with E-state index in [1.54, 1.807) is 24.3 Å². The van der Waals surface area contributed by atoms with Gasteiger partial charge in [0.2, 0.25) is 0 Å². The van der Waals surface area contributed by atoms with Gasteiger partial charge in [-0.2, -0.15) is 0 Å². The molecule has 2 amide bonds. The molecule has 6 heteroatoms. The van der Waals surface area contributed by atoms with E-state index in [2.05, 4.69) is 16.0 Å². The first kappa shape index (κ1) is 20.3. The van der Waals surface area contributed by atoms with Crippen molar-refractivity contribution in [1.82, 2.24) is 5.32 Å². The van der Waals surface area contributed by atoms with Crippen LogP contribution < -0.4 is 20.7 Å². The highest BCUT2D eigenvalue weighted by Crippen LogP contribution is 2.23. The fraction of sp³-hybridized carbons (Fsp3) is 0.417. The van der Waals surface area contributed by atoms with Gasteiger partial charge in [-0.1, -0.05) is 25.3 Å². The Bertz CT molecular complexity index is 872. The van der Waals surface area contributed by atoms with Gasteiger partial charge in [-0.25, -0.2) is 0 Å². The number of carbonyl (C=O) groups is 2. The van der Waals surface area contributed by atoms with Gasteiger partial charge in [-0.15, -0.1) is 0 Å². The largest absolute Gasteiger partial charge is 0.484 e. The van der Waals surface area contributed by atoms with E-state index in [4.69, 9.17) is 4.74 Å². The summed E-state index contributed by atoms with van der Waals surface area (Å²) < 4.78 is 5.60. The van der Waals surface area contributed by atoms with E-state index in [1.807, 2.05) is 24.3 Å². The number of benzene rings is 2. The lowest BCUT2D eigenvalue weighted by Crippen LogP contribution is -2.25. The van der Waals surface area contributed by atoms with Crippen molar-refractivity contribution in [3.8, 4) is 5.75 Å². The third kappa shape index (κ3) is 5.99. The summed E-state index contributed by atoms with van der Waals surface area (Å²) in [5, 5.41) is 9.30. The Morgan fingerprint density at radius 2 is 1.63 bits per heavy atom. The molecule has 0 unspecified atom stereocenters. The van der Waals surface area contributed by atoms with Crippen LogP contribution in [0, 0.1) is 0 Å². The predicted octanol–water partition coefficient (Wildman–Crippen LogP) is 4.34. The lowest BCUT2D eigenvalue weighted by Gasteiger charge is -2.23. The van der Waals surface area contributed by atoms with Crippen molar-refractivity contribution in [2.45, 2.75) is 57.0 Å². The zero-order valence-electron chi connectivity index (χ0n) is 17.2. The molecule has 0 radical (unpaired) electrons. The van der Waals surface area contributed by atoms with Crippen LogP contribution in [0.4, 0.5) is 11.4 Å². The SMILES string of the molecule is O=C(COc1ccc(NC2CCCCC2)cc1)Nc1cccc(C(=O)NC2CC2)c1. The molecule has 0 aliphatic heterocycles. The van der Waals surface area contributed by atoms with Crippen LogP contribution in [-0.4, -0.2) is 30.5 Å². The van der Waals surface area contributed by atoms with Gasteiger partial charge in [0.1, 0.15) is 5.75 Å². The molecule has 0 saturated heterocycles. The minimum Gasteiger partial charge on any atom is -0.484 e. The summed E-state index contributed by atoms with van der Waals surface area (Å²) >= 11 is 0. The Kier molecular flexibility index (Phi) is 6.52. The highest BCUT2D eigenvalue weighted by atomic mass is 16.5. The number of anilines is 2. The highest BCUT2D eigenvalue weighted by molar-refractivity contribution is 5.97. The third-order valence-corrected chi connectivity index (χ3v) is 5.52. The van der Waals surface area contributed by atoms with Crippen LogP contribution in [0.5, 0.6) is 5.75 Å². The van der Waals surface area contributed by atoms with Gasteiger partial charge in [0.25, 0.3) is 11.8 Å². The Morgan fingerprint density at radius 3 is 2.37 bits per heavy atom. The van der Waals surface area contributed by atoms with E-state index in [1.165, 1.54) is 32.1 Å². The summed E-state index contributed by atoms with van der Waals surface area (Å²) in [6.45, 7) is -0.0894. The molecule has 0 heterocycles. The maximum atomic E-state index is 12.2. The molecule has 3 N–H and O–H groups in total. The Balaban J connectivity index is 1.24. The molecule has 30 heavy (non-hydrogen) atoms. The summed E-state index contributed by atoms with van der Waals surface area (Å²) in [6, 6.07) is 15.5. The van der Waals surface area contributed by atoms with Crippen LogP contribution in [0.2, 0.25) is 0 Å². The molecule has 158 valence electrons. The van der Waals surface area contributed by atoms with Crippen molar-refractivity contribution >= 4 is 23.2 Å². The maximum absolute atomic E-state index is 12.2. The molecular weight excluding hydrogens is 378 g/mol. The minimum atomic E-state index is -0.265. The van der Waals surface area contributed by atoms with E-state index in [0.29, 0.717) is 29.1 Å². The summed E-state index contributed by atoms with van der Waals surface area (Å²) in [6.07, 6.45) is 8.45. The zero-order chi connectivity index (χ0) is 20.8. The van der Waals surface area contributed by atoms with Crippen LogP contribution >= 0.6 is 0 Å². The van der Waals surface area contributed by atoms with Crippen molar-refractivity contribution in [3.63, 3.8) is 0 Å². The molecule has 2 saturated carbocycles. The molecule has 0 aromatic heterocycles. The number of hydrogen-bond donors (Lipinski definition) is 3. The Morgan fingerprint density at radius 1 is 0.867 bits per heavy atom. The van der Waals surface area contributed by atoms with E-state index >= 15 is 0 Å². The monoisotopic (exact) mass is 407 g/mol. The first-order chi connectivity index (χ1) is 14.7. The second-order valence-corrected chi connectivity index (χ2v) is 8.17. The Labute approximate surface area is 177 Å². The topological polar surface area (TPSA) is 79.5 Å². The average Bonchev–Trinajstić information content (AvgIpc) is 3.58. The number of nitrogens with one attached hydrogen (secondary N) is 3. The van der Waals surface area contributed by atoms with E-state index in [0.717, 1.165) is 18.5 Å². The maximum Gasteiger partial charge on any atom is 0.262 e. The van der Waals surface area contributed by atoms with Gasteiger partial charge in [0.15, 0.2) is 6.61 Å².